The van der Waals surface area contributed by atoms with E-state index in [1.54, 1.807) is 24.4 Å². The van der Waals surface area contributed by atoms with Crippen molar-refractivity contribution in [3.8, 4) is 17.0 Å². The van der Waals surface area contributed by atoms with E-state index in [0.717, 1.165) is 35.6 Å². The van der Waals surface area contributed by atoms with E-state index in [-0.39, 0.29) is 11.7 Å². The third kappa shape index (κ3) is 6.08. The number of benzene rings is 4. The van der Waals surface area contributed by atoms with Crippen molar-refractivity contribution >= 4 is 61.5 Å². The molecule has 0 saturated carbocycles. The number of carbonyl (C=O) groups excluding carboxylic acids is 1. The van der Waals surface area contributed by atoms with Gasteiger partial charge in [0, 0.05) is 10.9 Å². The zero-order valence-corrected chi connectivity index (χ0v) is 23.6. The third-order valence-electron chi connectivity index (χ3n) is 5.73. The van der Waals surface area contributed by atoms with Crippen LogP contribution in [0.2, 0.25) is 0 Å². The molecule has 1 heterocycles. The molecule has 5 rings (SSSR count). The van der Waals surface area contributed by atoms with Crippen LogP contribution in [-0.4, -0.2) is 17.1 Å². The number of carbonyl (C=O) groups is 1. The number of halogens is 3. The van der Waals surface area contributed by atoms with Crippen LogP contribution in [0.3, 0.4) is 0 Å². The molecule has 38 heavy (non-hydrogen) atoms. The highest BCUT2D eigenvalue weighted by atomic mass is 127. The van der Waals surface area contributed by atoms with Crippen LogP contribution >= 0.6 is 38.5 Å². The number of hydrogen-bond acceptors (Lipinski definition) is 4. The molecule has 1 N–H and O–H groups in total. The van der Waals surface area contributed by atoms with E-state index in [1.165, 1.54) is 12.1 Å². The fourth-order valence-corrected chi connectivity index (χ4v) is 5.64. The Morgan fingerprint density at radius 1 is 1.00 bits per heavy atom. The molecule has 8 heteroatoms. The average molecular weight is 680 g/mol. The van der Waals surface area contributed by atoms with Crippen LogP contribution in [0.5, 0.6) is 5.75 Å². The Morgan fingerprint density at radius 2 is 1.74 bits per heavy atom. The predicted octanol–water partition coefficient (Wildman–Crippen LogP) is 7.75. The maximum absolute atomic E-state index is 13.2. The van der Waals surface area contributed by atoms with Crippen LogP contribution < -0.4 is 10.2 Å². The molecule has 0 atom stereocenters. The second-order valence-corrected chi connectivity index (χ2v) is 10.4. The van der Waals surface area contributed by atoms with Gasteiger partial charge in [-0.05, 0) is 86.0 Å². The first kappa shape index (κ1) is 26.0. The Labute approximate surface area is 241 Å². The summed E-state index contributed by atoms with van der Waals surface area (Å²) in [6.45, 7) is 0.309. The first-order valence-corrected chi connectivity index (χ1v) is 13.5. The van der Waals surface area contributed by atoms with Gasteiger partial charge in [-0.15, -0.1) is 0 Å². The lowest BCUT2D eigenvalue weighted by atomic mass is 10.0. The highest BCUT2D eigenvalue weighted by Gasteiger charge is 2.14. The van der Waals surface area contributed by atoms with Gasteiger partial charge < -0.3 is 4.74 Å². The summed E-state index contributed by atoms with van der Waals surface area (Å²) in [5.41, 5.74) is 7.16. The number of pyridine rings is 1. The number of rotatable bonds is 7. The van der Waals surface area contributed by atoms with Gasteiger partial charge in [0.25, 0.3) is 5.91 Å². The number of aromatic nitrogens is 1. The Bertz CT molecular complexity index is 1620. The second kappa shape index (κ2) is 11.8. The van der Waals surface area contributed by atoms with Gasteiger partial charge in [0.2, 0.25) is 0 Å². The molecule has 0 radical (unpaired) electrons. The number of hydrazone groups is 1. The molecular weight excluding hydrogens is 660 g/mol. The number of amides is 1. The van der Waals surface area contributed by atoms with Gasteiger partial charge in [0.1, 0.15) is 18.2 Å². The van der Waals surface area contributed by atoms with Crippen molar-refractivity contribution in [2.45, 2.75) is 6.61 Å². The molecule has 0 fully saturated rings. The van der Waals surface area contributed by atoms with Crippen LogP contribution in [0.15, 0.2) is 107 Å². The van der Waals surface area contributed by atoms with Gasteiger partial charge in [-0.3, -0.25) is 4.79 Å². The molecule has 0 saturated heterocycles. The fourth-order valence-electron chi connectivity index (χ4n) is 3.87. The summed E-state index contributed by atoms with van der Waals surface area (Å²) in [6.07, 6.45) is 1.58. The number of ether oxygens (including phenoxy) is 1. The SMILES string of the molecule is O=C(N/N=C/c1cc(Br)c(OCc2ccc(F)cc2)c(I)c1)c1cc(-c2ccccc2)nc2ccccc12. The van der Waals surface area contributed by atoms with Crippen molar-refractivity contribution in [2.75, 3.05) is 0 Å². The Hall–Kier alpha value is -3.63. The lowest BCUT2D eigenvalue weighted by molar-refractivity contribution is 0.0956. The standard InChI is InChI=1S/C30H20BrFIN3O2/c31-25-14-20(15-26(33)29(25)38-18-19-10-12-22(32)13-11-19)17-34-36-30(37)24-16-28(21-6-2-1-3-7-21)35-27-9-5-4-8-23(24)27/h1-17H,18H2,(H,36,37)/b34-17+. The number of nitrogens with one attached hydrogen (secondary N) is 1. The molecule has 188 valence electrons. The third-order valence-corrected chi connectivity index (χ3v) is 7.12. The van der Waals surface area contributed by atoms with Crippen LogP contribution in [0, 0.1) is 9.39 Å². The van der Waals surface area contributed by atoms with Crippen LogP contribution in [0.4, 0.5) is 4.39 Å². The lowest BCUT2D eigenvalue weighted by Gasteiger charge is -2.11. The molecular formula is C30H20BrFIN3O2. The van der Waals surface area contributed by atoms with Crippen molar-refractivity contribution in [1.82, 2.24) is 10.4 Å². The number of nitrogens with zero attached hydrogens (tertiary/aromatic N) is 2. The van der Waals surface area contributed by atoms with Gasteiger partial charge >= 0.3 is 0 Å². The van der Waals surface area contributed by atoms with Crippen molar-refractivity contribution in [1.29, 1.82) is 0 Å². The molecule has 0 unspecified atom stereocenters. The average Bonchev–Trinajstić information content (AvgIpc) is 2.93. The molecule has 0 aliphatic carbocycles. The van der Waals surface area contributed by atoms with Gasteiger partial charge in [-0.1, -0.05) is 60.7 Å². The first-order chi connectivity index (χ1) is 18.5. The summed E-state index contributed by atoms with van der Waals surface area (Å²) in [5, 5.41) is 4.95. The summed E-state index contributed by atoms with van der Waals surface area (Å²) >= 11 is 5.73. The highest BCUT2D eigenvalue weighted by molar-refractivity contribution is 14.1. The molecule has 0 bridgehead atoms. The number of para-hydroxylation sites is 1. The quantitative estimate of drug-likeness (QED) is 0.109. The summed E-state index contributed by atoms with van der Waals surface area (Å²) in [6, 6.07) is 29.0. The number of hydrogen-bond donors (Lipinski definition) is 1. The van der Waals surface area contributed by atoms with Gasteiger partial charge in [-0.25, -0.2) is 14.8 Å². The normalized spacial score (nSPS) is 11.1. The van der Waals surface area contributed by atoms with Crippen molar-refractivity contribution in [3.63, 3.8) is 0 Å². The van der Waals surface area contributed by atoms with Crippen LogP contribution in [-0.2, 0) is 6.61 Å². The summed E-state index contributed by atoms with van der Waals surface area (Å²) < 4.78 is 20.7. The van der Waals surface area contributed by atoms with Crippen molar-refractivity contribution < 1.29 is 13.9 Å². The predicted molar refractivity (Wildman–Crippen MR) is 160 cm³/mol. The van der Waals surface area contributed by atoms with Gasteiger partial charge in [-0.2, -0.15) is 5.10 Å². The van der Waals surface area contributed by atoms with E-state index < -0.39 is 0 Å². The van der Waals surface area contributed by atoms with Gasteiger partial charge in [0.05, 0.1) is 31.0 Å². The minimum atomic E-state index is -0.329. The van der Waals surface area contributed by atoms with E-state index in [1.807, 2.05) is 66.7 Å². The van der Waals surface area contributed by atoms with Crippen molar-refractivity contribution in [2.24, 2.45) is 5.10 Å². The molecule has 0 aliphatic heterocycles. The lowest BCUT2D eigenvalue weighted by Crippen LogP contribution is -2.18. The van der Waals surface area contributed by atoms with Gasteiger partial charge in [0.15, 0.2) is 0 Å². The molecule has 4 aromatic carbocycles. The second-order valence-electron chi connectivity index (χ2n) is 8.37. The molecule has 1 aromatic heterocycles. The Balaban J connectivity index is 1.32. The molecule has 1 amide bonds. The van der Waals surface area contributed by atoms with E-state index in [2.05, 4.69) is 49.0 Å². The fraction of sp³-hybridized carbons (Fsp3) is 0.0333. The minimum Gasteiger partial charge on any atom is -0.487 e. The maximum atomic E-state index is 13.2. The zero-order valence-electron chi connectivity index (χ0n) is 19.9. The Morgan fingerprint density at radius 3 is 2.50 bits per heavy atom. The molecule has 0 spiro atoms. The van der Waals surface area contributed by atoms with Crippen LogP contribution in [0.1, 0.15) is 21.5 Å². The van der Waals surface area contributed by atoms with E-state index in [9.17, 15) is 9.18 Å². The van der Waals surface area contributed by atoms with E-state index in [4.69, 9.17) is 9.72 Å². The monoisotopic (exact) mass is 679 g/mol. The summed E-state index contributed by atoms with van der Waals surface area (Å²) in [7, 11) is 0. The molecule has 5 aromatic rings. The summed E-state index contributed by atoms with van der Waals surface area (Å²) in [5.74, 6) is 0.0619. The maximum Gasteiger partial charge on any atom is 0.272 e. The zero-order chi connectivity index (χ0) is 26.5. The highest BCUT2D eigenvalue weighted by Crippen LogP contribution is 2.32. The van der Waals surface area contributed by atoms with E-state index >= 15 is 0 Å². The van der Waals surface area contributed by atoms with Crippen LogP contribution in [0.25, 0.3) is 22.2 Å². The smallest absolute Gasteiger partial charge is 0.272 e. The topological polar surface area (TPSA) is 63.6 Å². The first-order valence-electron chi connectivity index (χ1n) is 11.6. The molecule has 0 aliphatic rings. The molecule has 5 nitrogen and oxygen atoms in total. The van der Waals surface area contributed by atoms with E-state index in [0.29, 0.717) is 23.6 Å². The largest absolute Gasteiger partial charge is 0.487 e. The summed E-state index contributed by atoms with van der Waals surface area (Å²) in [4.78, 5) is 17.9. The Kier molecular flexibility index (Phi) is 8.09. The van der Waals surface area contributed by atoms with Crippen molar-refractivity contribution in [3.05, 3.63) is 128 Å². The number of fused-ring (bicyclic) bond motifs is 1. The minimum absolute atomic E-state index is 0.283.